The number of amides is 3. The molecule has 1 aromatic heterocycles. The minimum atomic E-state index is -0.178. The Morgan fingerprint density at radius 2 is 2.21 bits per heavy atom. The van der Waals surface area contributed by atoms with Crippen molar-refractivity contribution in [3.05, 3.63) is 23.0 Å². The fraction of sp³-hybridized carbons (Fsp3) is 0.455. The minimum Gasteiger partial charge on any atom is -0.336 e. The van der Waals surface area contributed by atoms with E-state index in [1.165, 1.54) is 0 Å². The van der Waals surface area contributed by atoms with Gasteiger partial charge in [-0.25, -0.2) is 4.79 Å². The first-order valence-electron chi connectivity index (χ1n) is 5.98. The molecule has 0 bridgehead atoms. The molecule has 2 saturated heterocycles. The lowest BCUT2D eigenvalue weighted by Crippen LogP contribution is -2.53. The Labute approximate surface area is 114 Å². The van der Waals surface area contributed by atoms with Crippen molar-refractivity contribution in [2.75, 3.05) is 26.2 Å². The van der Waals surface area contributed by atoms with Gasteiger partial charge in [0.25, 0.3) is 5.91 Å². The summed E-state index contributed by atoms with van der Waals surface area (Å²) in [4.78, 5) is 27.2. The van der Waals surface area contributed by atoms with Crippen LogP contribution in [0.4, 0.5) is 4.79 Å². The van der Waals surface area contributed by atoms with Gasteiger partial charge in [-0.05, 0) is 12.1 Å². The van der Waals surface area contributed by atoms with E-state index in [-0.39, 0.29) is 28.8 Å². The van der Waals surface area contributed by atoms with Crippen molar-refractivity contribution in [2.45, 2.75) is 6.04 Å². The lowest BCUT2D eigenvalue weighted by Gasteiger charge is -2.36. The van der Waals surface area contributed by atoms with Gasteiger partial charge < -0.3 is 15.1 Å². The van der Waals surface area contributed by atoms with Crippen molar-refractivity contribution in [1.29, 1.82) is 0 Å². The first kappa shape index (κ1) is 12.2. The molecular weight excluding hydrogens is 270 g/mol. The monoisotopic (exact) mass is 281 g/mol. The van der Waals surface area contributed by atoms with Crippen molar-refractivity contribution in [3.63, 3.8) is 0 Å². The average molecular weight is 282 g/mol. The largest absolute Gasteiger partial charge is 0.336 e. The Hall–Kier alpha value is -1.89. The van der Waals surface area contributed by atoms with Crippen LogP contribution in [-0.2, 0) is 0 Å². The number of halogens is 1. The minimum absolute atomic E-state index is 0.0467. The molecule has 0 aliphatic carbocycles. The SMILES string of the molecule is O=C(c1ccc(Cl)nn1)N1CCN2C(=O)NCC2C1. The van der Waals surface area contributed by atoms with Gasteiger partial charge in [-0.3, -0.25) is 4.79 Å². The molecule has 2 aliphatic heterocycles. The maximum Gasteiger partial charge on any atom is 0.317 e. The fourth-order valence-corrected chi connectivity index (χ4v) is 2.48. The van der Waals surface area contributed by atoms with Gasteiger partial charge in [-0.15, -0.1) is 10.2 Å². The summed E-state index contributed by atoms with van der Waals surface area (Å²) in [5, 5.41) is 10.5. The van der Waals surface area contributed by atoms with Crippen LogP contribution >= 0.6 is 11.6 Å². The second-order valence-corrected chi connectivity index (χ2v) is 4.91. The van der Waals surface area contributed by atoms with E-state index in [9.17, 15) is 9.59 Å². The molecule has 3 rings (SSSR count). The molecule has 7 nitrogen and oxygen atoms in total. The number of nitrogens with zero attached hydrogens (tertiary/aromatic N) is 4. The van der Waals surface area contributed by atoms with Crippen LogP contribution in [0.15, 0.2) is 12.1 Å². The summed E-state index contributed by atoms with van der Waals surface area (Å²) in [6, 6.07) is 3.09. The van der Waals surface area contributed by atoms with Crippen LogP contribution in [0, 0.1) is 0 Å². The van der Waals surface area contributed by atoms with Crippen LogP contribution in [0.2, 0.25) is 5.15 Å². The van der Waals surface area contributed by atoms with Gasteiger partial charge in [-0.1, -0.05) is 11.6 Å². The molecule has 3 amide bonds. The number of urea groups is 1. The summed E-state index contributed by atoms with van der Waals surface area (Å²) < 4.78 is 0. The third-order valence-corrected chi connectivity index (χ3v) is 3.57. The van der Waals surface area contributed by atoms with Gasteiger partial charge in [-0.2, -0.15) is 0 Å². The number of aromatic nitrogens is 2. The fourth-order valence-electron chi connectivity index (χ4n) is 2.38. The first-order valence-corrected chi connectivity index (χ1v) is 6.36. The van der Waals surface area contributed by atoms with Crippen LogP contribution in [0.1, 0.15) is 10.5 Å². The Kier molecular flexibility index (Phi) is 2.98. The highest BCUT2D eigenvalue weighted by atomic mass is 35.5. The van der Waals surface area contributed by atoms with Gasteiger partial charge in [0.2, 0.25) is 0 Å². The lowest BCUT2D eigenvalue weighted by molar-refractivity contribution is 0.0610. The molecule has 1 N–H and O–H groups in total. The summed E-state index contributed by atoms with van der Waals surface area (Å²) in [5.41, 5.74) is 0.273. The van der Waals surface area contributed by atoms with Crippen LogP contribution < -0.4 is 5.32 Å². The molecule has 8 heteroatoms. The smallest absolute Gasteiger partial charge is 0.317 e. The number of nitrogens with one attached hydrogen (secondary N) is 1. The molecular formula is C11H12ClN5O2. The van der Waals surface area contributed by atoms with E-state index < -0.39 is 0 Å². The summed E-state index contributed by atoms with van der Waals surface area (Å²) in [6.45, 7) is 2.15. The number of fused-ring (bicyclic) bond motifs is 1. The maximum absolute atomic E-state index is 12.2. The molecule has 2 aliphatic rings. The standard InChI is InChI=1S/C11H12ClN5O2/c12-9-2-1-8(14-15-9)10(18)16-3-4-17-7(6-16)5-13-11(17)19/h1-2,7H,3-6H2,(H,13,19). The van der Waals surface area contributed by atoms with E-state index >= 15 is 0 Å². The third kappa shape index (κ3) is 2.21. The Morgan fingerprint density at radius 1 is 1.37 bits per heavy atom. The first-order chi connectivity index (χ1) is 9.15. The highest BCUT2D eigenvalue weighted by Gasteiger charge is 2.37. The molecule has 2 fully saturated rings. The van der Waals surface area contributed by atoms with Gasteiger partial charge >= 0.3 is 6.03 Å². The molecule has 0 spiro atoms. The number of piperazine rings is 1. The topological polar surface area (TPSA) is 78.4 Å². The molecule has 1 aromatic rings. The Balaban J connectivity index is 1.72. The number of carbonyl (C=O) groups excluding carboxylic acids is 2. The van der Waals surface area contributed by atoms with E-state index in [0.717, 1.165) is 0 Å². The molecule has 1 unspecified atom stereocenters. The van der Waals surface area contributed by atoms with Gasteiger partial charge in [0, 0.05) is 26.2 Å². The van der Waals surface area contributed by atoms with Crippen molar-refractivity contribution >= 4 is 23.5 Å². The maximum atomic E-state index is 12.2. The van der Waals surface area contributed by atoms with Gasteiger partial charge in [0.15, 0.2) is 10.8 Å². The van der Waals surface area contributed by atoms with E-state index in [4.69, 9.17) is 11.6 Å². The summed E-state index contributed by atoms with van der Waals surface area (Å²) >= 11 is 5.64. The Bertz CT molecular complexity index is 520. The van der Waals surface area contributed by atoms with E-state index in [1.54, 1.807) is 21.9 Å². The van der Waals surface area contributed by atoms with Crippen LogP contribution in [-0.4, -0.2) is 64.2 Å². The third-order valence-electron chi connectivity index (χ3n) is 3.37. The number of carbonyl (C=O) groups is 2. The van der Waals surface area contributed by atoms with Crippen molar-refractivity contribution in [1.82, 2.24) is 25.3 Å². The van der Waals surface area contributed by atoms with Crippen molar-refractivity contribution in [3.8, 4) is 0 Å². The summed E-state index contributed by atoms with van der Waals surface area (Å²) in [6.07, 6.45) is 0. The molecule has 0 aromatic carbocycles. The van der Waals surface area contributed by atoms with Gasteiger partial charge in [0.1, 0.15) is 0 Å². The van der Waals surface area contributed by atoms with Gasteiger partial charge in [0.05, 0.1) is 6.04 Å². The highest BCUT2D eigenvalue weighted by molar-refractivity contribution is 6.29. The van der Waals surface area contributed by atoms with Crippen molar-refractivity contribution in [2.24, 2.45) is 0 Å². The number of hydrogen-bond donors (Lipinski definition) is 1. The molecule has 19 heavy (non-hydrogen) atoms. The molecule has 0 radical (unpaired) electrons. The number of rotatable bonds is 1. The van der Waals surface area contributed by atoms with E-state index in [2.05, 4.69) is 15.5 Å². The average Bonchev–Trinajstić information content (AvgIpc) is 2.80. The summed E-state index contributed by atoms with van der Waals surface area (Å²) in [5.74, 6) is -0.178. The molecule has 0 saturated carbocycles. The highest BCUT2D eigenvalue weighted by Crippen LogP contribution is 2.16. The predicted octanol–water partition coefficient (Wildman–Crippen LogP) is -0.0204. The zero-order chi connectivity index (χ0) is 13.4. The molecule has 3 heterocycles. The number of hydrogen-bond acceptors (Lipinski definition) is 4. The second kappa shape index (κ2) is 4.65. The summed E-state index contributed by atoms with van der Waals surface area (Å²) in [7, 11) is 0. The normalized spacial score (nSPS) is 22.2. The van der Waals surface area contributed by atoms with Crippen LogP contribution in [0.5, 0.6) is 0 Å². The molecule has 1 atom stereocenters. The van der Waals surface area contributed by atoms with E-state index in [0.29, 0.717) is 26.2 Å². The quantitative estimate of drug-likeness (QED) is 0.785. The van der Waals surface area contributed by atoms with Crippen molar-refractivity contribution < 1.29 is 9.59 Å². The van der Waals surface area contributed by atoms with Crippen LogP contribution in [0.25, 0.3) is 0 Å². The lowest BCUT2D eigenvalue weighted by atomic mass is 10.2. The Morgan fingerprint density at radius 3 is 2.95 bits per heavy atom. The zero-order valence-electron chi connectivity index (χ0n) is 10.0. The zero-order valence-corrected chi connectivity index (χ0v) is 10.8. The van der Waals surface area contributed by atoms with Crippen LogP contribution in [0.3, 0.4) is 0 Å². The molecule has 100 valence electrons. The van der Waals surface area contributed by atoms with E-state index in [1.807, 2.05) is 0 Å². The predicted molar refractivity (Wildman–Crippen MR) is 66.8 cm³/mol. The second-order valence-electron chi connectivity index (χ2n) is 4.53.